The minimum Gasteiger partial charge on any atom is -0.354 e. The standard InChI is InChI=1S/C25H23N9/c26-32-30-19-8-10-21-23(14-19)29-24-15-20(31-33-27)9-11-22(24)25(21)28-18-6-4-17(5-7-18)16-34-12-2-1-3-13-34/h4-11,14-15H,1-3,12-13,16H2,(H,28,29). The second kappa shape index (κ2) is 9.68. The number of likely N-dealkylation sites (tertiary alicyclic amines) is 1. The summed E-state index contributed by atoms with van der Waals surface area (Å²) in [5.41, 5.74) is 23.1. The number of piperidine rings is 1. The Morgan fingerprint density at radius 3 is 1.94 bits per heavy atom. The van der Waals surface area contributed by atoms with Crippen molar-refractivity contribution in [3.05, 3.63) is 87.1 Å². The van der Waals surface area contributed by atoms with Gasteiger partial charge in [0.15, 0.2) is 0 Å². The topological polar surface area (TPSA) is 126 Å². The average molecular weight is 450 g/mol. The van der Waals surface area contributed by atoms with Crippen molar-refractivity contribution < 1.29 is 0 Å². The molecule has 1 N–H and O–H groups in total. The van der Waals surface area contributed by atoms with Gasteiger partial charge in [-0.2, -0.15) is 0 Å². The molecule has 0 saturated carbocycles. The number of pyridine rings is 1. The van der Waals surface area contributed by atoms with Crippen molar-refractivity contribution in [3.8, 4) is 0 Å². The molecule has 0 unspecified atom stereocenters. The molecule has 1 aliphatic heterocycles. The van der Waals surface area contributed by atoms with Gasteiger partial charge < -0.3 is 5.32 Å². The Hall–Kier alpha value is -4.29. The van der Waals surface area contributed by atoms with Gasteiger partial charge in [0.2, 0.25) is 0 Å². The van der Waals surface area contributed by atoms with Gasteiger partial charge in [-0.25, -0.2) is 4.98 Å². The van der Waals surface area contributed by atoms with Gasteiger partial charge in [-0.1, -0.05) is 53.0 Å². The van der Waals surface area contributed by atoms with Crippen molar-refractivity contribution in [2.24, 2.45) is 10.2 Å². The van der Waals surface area contributed by atoms with E-state index in [2.05, 4.69) is 54.5 Å². The van der Waals surface area contributed by atoms with Crippen LogP contribution in [-0.2, 0) is 6.54 Å². The van der Waals surface area contributed by atoms with Crippen molar-refractivity contribution in [3.63, 3.8) is 0 Å². The molecule has 9 nitrogen and oxygen atoms in total. The molecule has 1 saturated heterocycles. The minimum absolute atomic E-state index is 0.487. The molecule has 0 aliphatic carbocycles. The molecule has 9 heteroatoms. The smallest absolute Gasteiger partial charge is 0.0735 e. The zero-order chi connectivity index (χ0) is 23.3. The minimum atomic E-state index is 0.487. The molecule has 4 aromatic rings. The number of aromatic nitrogens is 1. The van der Waals surface area contributed by atoms with E-state index in [4.69, 9.17) is 16.0 Å². The number of hydrogen-bond acceptors (Lipinski definition) is 5. The Morgan fingerprint density at radius 1 is 0.794 bits per heavy atom. The Bertz CT molecular complexity index is 1370. The van der Waals surface area contributed by atoms with Crippen molar-refractivity contribution in [1.29, 1.82) is 0 Å². The fraction of sp³-hybridized carbons (Fsp3) is 0.240. The highest BCUT2D eigenvalue weighted by molar-refractivity contribution is 6.09. The fourth-order valence-corrected chi connectivity index (χ4v) is 4.50. The quantitative estimate of drug-likeness (QED) is 0.139. The normalized spacial score (nSPS) is 13.9. The zero-order valence-electron chi connectivity index (χ0n) is 18.6. The third-order valence-electron chi connectivity index (χ3n) is 6.14. The lowest BCUT2D eigenvalue weighted by Crippen LogP contribution is -2.29. The van der Waals surface area contributed by atoms with E-state index in [0.717, 1.165) is 28.7 Å². The lowest BCUT2D eigenvalue weighted by atomic mass is 10.1. The van der Waals surface area contributed by atoms with E-state index >= 15 is 0 Å². The zero-order valence-corrected chi connectivity index (χ0v) is 18.6. The molecule has 2 heterocycles. The first-order valence-electron chi connectivity index (χ1n) is 11.3. The molecule has 3 aromatic carbocycles. The predicted molar refractivity (Wildman–Crippen MR) is 136 cm³/mol. The lowest BCUT2D eigenvalue weighted by Gasteiger charge is -2.26. The Kier molecular flexibility index (Phi) is 6.14. The second-order valence-corrected chi connectivity index (χ2v) is 8.43. The van der Waals surface area contributed by atoms with Gasteiger partial charge in [0.1, 0.15) is 0 Å². The summed E-state index contributed by atoms with van der Waals surface area (Å²) >= 11 is 0. The Morgan fingerprint density at radius 2 is 1.38 bits per heavy atom. The second-order valence-electron chi connectivity index (χ2n) is 8.43. The van der Waals surface area contributed by atoms with Gasteiger partial charge >= 0.3 is 0 Å². The maximum Gasteiger partial charge on any atom is 0.0735 e. The molecular formula is C25H23N9. The third-order valence-corrected chi connectivity index (χ3v) is 6.14. The number of rotatable bonds is 6. The number of fused-ring (bicyclic) bond motifs is 2. The van der Waals surface area contributed by atoms with Crippen LogP contribution < -0.4 is 5.32 Å². The van der Waals surface area contributed by atoms with Gasteiger partial charge in [0, 0.05) is 44.2 Å². The average Bonchev–Trinajstić information content (AvgIpc) is 2.86. The van der Waals surface area contributed by atoms with Crippen LogP contribution in [0.1, 0.15) is 24.8 Å². The SMILES string of the molecule is [N-]=[N+]=Nc1ccc2c(Nc3ccc(CN4CCCCC4)cc3)c3ccc(N=[N+]=[N-])cc3nc2c1. The molecule has 0 amide bonds. The molecular weight excluding hydrogens is 426 g/mol. The van der Waals surface area contributed by atoms with Gasteiger partial charge in [-0.05, 0) is 66.8 Å². The van der Waals surface area contributed by atoms with Crippen LogP contribution in [0, 0.1) is 0 Å². The molecule has 0 atom stereocenters. The first kappa shape index (κ1) is 21.6. The van der Waals surface area contributed by atoms with Crippen molar-refractivity contribution in [2.45, 2.75) is 25.8 Å². The number of hydrogen-bond donors (Lipinski definition) is 1. The van der Waals surface area contributed by atoms with Crippen LogP contribution in [0.5, 0.6) is 0 Å². The number of anilines is 2. The van der Waals surface area contributed by atoms with Crippen LogP contribution in [0.25, 0.3) is 42.7 Å². The summed E-state index contributed by atoms with van der Waals surface area (Å²) in [7, 11) is 0. The number of nitrogens with one attached hydrogen (secondary N) is 1. The van der Waals surface area contributed by atoms with Crippen LogP contribution in [0.15, 0.2) is 70.9 Å². The summed E-state index contributed by atoms with van der Waals surface area (Å²) < 4.78 is 0. The molecule has 5 rings (SSSR count). The van der Waals surface area contributed by atoms with Crippen LogP contribution in [-0.4, -0.2) is 23.0 Å². The largest absolute Gasteiger partial charge is 0.354 e. The van der Waals surface area contributed by atoms with E-state index in [1.807, 2.05) is 12.1 Å². The van der Waals surface area contributed by atoms with Gasteiger partial charge in [0.05, 0.1) is 16.7 Å². The van der Waals surface area contributed by atoms with Crippen LogP contribution in [0.4, 0.5) is 22.7 Å². The first-order valence-corrected chi connectivity index (χ1v) is 11.3. The number of benzene rings is 3. The summed E-state index contributed by atoms with van der Waals surface area (Å²) in [6.07, 6.45) is 3.90. The van der Waals surface area contributed by atoms with Gasteiger partial charge in [-0.15, -0.1) is 0 Å². The lowest BCUT2D eigenvalue weighted by molar-refractivity contribution is 0.221. The highest BCUT2D eigenvalue weighted by atomic mass is 15.1. The summed E-state index contributed by atoms with van der Waals surface area (Å²) in [5.74, 6) is 0. The van der Waals surface area contributed by atoms with Crippen molar-refractivity contribution >= 4 is 44.6 Å². The Balaban J connectivity index is 1.53. The maximum atomic E-state index is 8.81. The fourth-order valence-electron chi connectivity index (χ4n) is 4.50. The molecule has 168 valence electrons. The third kappa shape index (κ3) is 4.58. The first-order chi connectivity index (χ1) is 16.7. The highest BCUT2D eigenvalue weighted by Gasteiger charge is 2.13. The maximum absolute atomic E-state index is 8.81. The molecule has 1 fully saturated rings. The summed E-state index contributed by atoms with van der Waals surface area (Å²) in [5, 5.41) is 12.8. The molecule has 1 aliphatic rings. The van der Waals surface area contributed by atoms with Gasteiger partial charge in [-0.3, -0.25) is 4.90 Å². The summed E-state index contributed by atoms with van der Waals surface area (Å²) in [6.45, 7) is 3.32. The molecule has 34 heavy (non-hydrogen) atoms. The Labute approximate surface area is 196 Å². The van der Waals surface area contributed by atoms with E-state index in [1.165, 1.54) is 37.9 Å². The molecule has 0 radical (unpaired) electrons. The summed E-state index contributed by atoms with van der Waals surface area (Å²) in [4.78, 5) is 13.0. The van der Waals surface area contributed by atoms with Crippen molar-refractivity contribution in [1.82, 2.24) is 9.88 Å². The monoisotopic (exact) mass is 449 g/mol. The van der Waals surface area contributed by atoms with E-state index < -0.39 is 0 Å². The summed E-state index contributed by atoms with van der Waals surface area (Å²) in [6, 6.07) is 19.4. The molecule has 0 bridgehead atoms. The van der Waals surface area contributed by atoms with E-state index in [9.17, 15) is 0 Å². The highest BCUT2D eigenvalue weighted by Crippen LogP contribution is 2.36. The molecule has 1 aromatic heterocycles. The van der Waals surface area contributed by atoms with E-state index in [-0.39, 0.29) is 0 Å². The van der Waals surface area contributed by atoms with E-state index in [1.54, 1.807) is 24.3 Å². The van der Waals surface area contributed by atoms with E-state index in [0.29, 0.717) is 22.4 Å². The molecule has 0 spiro atoms. The van der Waals surface area contributed by atoms with Crippen LogP contribution >= 0.6 is 0 Å². The van der Waals surface area contributed by atoms with Gasteiger partial charge in [0.25, 0.3) is 0 Å². The predicted octanol–water partition coefficient (Wildman–Crippen LogP) is 8.00. The number of nitrogens with zero attached hydrogens (tertiary/aromatic N) is 8. The van der Waals surface area contributed by atoms with Crippen molar-refractivity contribution in [2.75, 3.05) is 18.4 Å². The van der Waals surface area contributed by atoms with Crippen LogP contribution in [0.2, 0.25) is 0 Å². The van der Waals surface area contributed by atoms with Crippen LogP contribution in [0.3, 0.4) is 0 Å². The number of azide groups is 2.